The summed E-state index contributed by atoms with van der Waals surface area (Å²) < 4.78 is 179. The molecule has 1 amide bonds. The molecular formula is C76H94Br4N2O21P2S6. The maximum absolute atomic E-state index is 13.8. The fourth-order valence-electron chi connectivity index (χ4n) is 14.8. The first kappa shape index (κ1) is 89.1. The highest BCUT2D eigenvalue weighted by Gasteiger charge is 2.53. The van der Waals surface area contributed by atoms with Crippen molar-refractivity contribution in [3.63, 3.8) is 0 Å². The number of amides is 1. The predicted octanol–water partition coefficient (Wildman–Crippen LogP) is 16.0. The number of benzene rings is 6. The summed E-state index contributed by atoms with van der Waals surface area (Å²) in [5.41, 5.74) is -2.56. The second kappa shape index (κ2) is 38.6. The van der Waals surface area contributed by atoms with E-state index in [0.717, 1.165) is 42.0 Å². The molecule has 7 unspecified atom stereocenters. The third-order valence-electron chi connectivity index (χ3n) is 20.2. The number of nitrogens with zero attached hydrogens (tertiary/aromatic N) is 2. The van der Waals surface area contributed by atoms with Gasteiger partial charge >= 0.3 is 13.4 Å². The first-order valence-corrected chi connectivity index (χ1v) is 51.4. The van der Waals surface area contributed by atoms with E-state index in [1.165, 1.54) is 80.4 Å². The molecule has 0 saturated carbocycles. The fraction of sp³-hybridized carbons (Fsp3) is 0.513. The van der Waals surface area contributed by atoms with Crippen LogP contribution in [-0.2, 0) is 119 Å². The minimum Gasteiger partial charge on any atom is -0.373 e. The Bertz CT molecular complexity index is 4690. The molecule has 7 heterocycles. The van der Waals surface area contributed by atoms with Crippen molar-refractivity contribution in [1.29, 1.82) is 0 Å². The lowest BCUT2D eigenvalue weighted by Gasteiger charge is -2.36. The zero-order valence-electron chi connectivity index (χ0n) is 62.2. The molecule has 1 N–H and O–H groups in total. The molecule has 0 aliphatic carbocycles. The lowest BCUT2D eigenvalue weighted by molar-refractivity contribution is -0.131. The fourth-order valence-corrected chi connectivity index (χ4v) is 25.9. The second-order valence-electron chi connectivity index (χ2n) is 28.6. The average molecular weight is 1950 g/mol. The van der Waals surface area contributed by atoms with Crippen LogP contribution in [0.3, 0.4) is 0 Å². The van der Waals surface area contributed by atoms with E-state index < -0.39 is 136 Å². The number of halogens is 4. The molecule has 7 aliphatic rings. The number of piperidine rings is 1. The number of carbonyl (C=O) groups is 1. The number of ether oxygens (including phenoxy) is 6. The Hall–Kier alpha value is -2.71. The summed E-state index contributed by atoms with van der Waals surface area (Å²) in [5.74, 6) is -0.112. The van der Waals surface area contributed by atoms with Crippen LogP contribution in [0.2, 0.25) is 0 Å². The lowest BCUT2D eigenvalue weighted by Crippen LogP contribution is -2.39. The molecule has 0 radical (unpaired) electrons. The number of sulfone groups is 4. The lowest BCUT2D eigenvalue weighted by atomic mass is 10.0. The van der Waals surface area contributed by atoms with Crippen molar-refractivity contribution in [3.8, 4) is 0 Å². The Kier molecular flexibility index (Phi) is 31.0. The summed E-state index contributed by atoms with van der Waals surface area (Å²) in [7, 11) is -15.6. The van der Waals surface area contributed by atoms with Crippen LogP contribution in [0.25, 0.3) is 0 Å². The summed E-state index contributed by atoms with van der Waals surface area (Å²) in [5, 5.41) is 0. The van der Waals surface area contributed by atoms with Gasteiger partial charge < -0.3 is 56.3 Å². The Morgan fingerprint density at radius 1 is 0.505 bits per heavy atom. The predicted molar refractivity (Wildman–Crippen MR) is 441 cm³/mol. The first-order valence-electron chi connectivity index (χ1n) is 36.9. The van der Waals surface area contributed by atoms with E-state index >= 15 is 0 Å². The van der Waals surface area contributed by atoms with Crippen LogP contribution in [0, 0.1) is 0 Å². The van der Waals surface area contributed by atoms with Gasteiger partial charge in [-0.25, -0.2) is 33.7 Å². The Labute approximate surface area is 696 Å². The van der Waals surface area contributed by atoms with E-state index in [-0.39, 0.29) is 76.6 Å². The van der Waals surface area contributed by atoms with Crippen molar-refractivity contribution >= 4 is 146 Å². The molecule has 7 saturated heterocycles. The minimum atomic E-state index is -3.94. The highest BCUT2D eigenvalue weighted by Crippen LogP contribution is 2.59. The monoisotopic (exact) mass is 1940 g/mol. The summed E-state index contributed by atoms with van der Waals surface area (Å²) in [6.07, 6.45) is -2.30. The van der Waals surface area contributed by atoms with Gasteiger partial charge in [-0.1, -0.05) is 138 Å². The Balaban J connectivity index is 0.000000196. The van der Waals surface area contributed by atoms with Gasteiger partial charge in [0, 0.05) is 63.1 Å². The van der Waals surface area contributed by atoms with Crippen molar-refractivity contribution in [2.24, 2.45) is 0 Å². The largest absolute Gasteiger partial charge is 0.373 e. The van der Waals surface area contributed by atoms with Crippen LogP contribution in [0.4, 0.5) is 0 Å². The highest BCUT2D eigenvalue weighted by molar-refractivity contribution is 9.11. The molecule has 608 valence electrons. The van der Waals surface area contributed by atoms with Gasteiger partial charge in [0.1, 0.15) is 18.3 Å². The molecule has 6 aromatic carbocycles. The molecule has 13 rings (SSSR count). The number of rotatable bonds is 29. The Morgan fingerprint density at radius 2 is 0.874 bits per heavy atom. The number of hydrogen-bond acceptors (Lipinski definition) is 23. The standard InChI is InChI=1S/C39H48Br2NO11PS3.C26H33Br2O10PS3.C11H13N/c1-5-33-35(23-38(50-33)57(46,47)31-19-15-29(41)16-20-31)52-54(55,53-39(27-10-7-6-8-11-27)32-12-9-21-42(32)26(4)43)48-24-36-34(49-25(2)3)22-37(51-36)56(44,45)30-17-13-28(40)14-18-30;1-4-21-23(14-26(36-21)42(32,33)20-11-7-18(28)8-12-20)38-39(29,40)34-15-24-22(35-16(2)3)13-25(37-24)41(30,31)19-9-5-17(27)6-10-19;1-2-5-9(6-3-1)11-10-7-4-8-12(10)11/h6-8,10-11,13-20,25,32-39H,5,9,12,21-24H2,1-4H3;5-12,16,21-26H,4,13-15H2,1-3H3,(H,29,40);1-3,5-6,10-11H,4,7-8H2/t32-,33-,34?,35?,36-,37+,38+,39+,54?;21-,22?,23?,24-,25+,26+,39?;10-,11+,12?/m111/s1. The summed E-state index contributed by atoms with van der Waals surface area (Å²) >= 11 is 24.8. The van der Waals surface area contributed by atoms with Crippen LogP contribution in [0.1, 0.15) is 136 Å². The zero-order chi connectivity index (χ0) is 80.0. The van der Waals surface area contributed by atoms with Crippen molar-refractivity contribution in [1.82, 2.24) is 9.80 Å². The number of likely N-dealkylation sites (tertiary alicyclic amines) is 1. The molecule has 7 fully saturated rings. The van der Waals surface area contributed by atoms with Crippen LogP contribution >= 0.6 is 77.2 Å². The molecule has 0 bridgehead atoms. The van der Waals surface area contributed by atoms with E-state index in [0.29, 0.717) is 25.8 Å². The molecule has 0 spiro atoms. The normalized spacial score (nSPS) is 28.7. The van der Waals surface area contributed by atoms with E-state index in [1.54, 1.807) is 53.4 Å². The SMILES string of the molecule is CC[C@H]1O[C@@H](S(=O)(=O)c2ccc(Br)cc2)CC1OP(=S)(OC[C@H]1O[C@@H](S(=O)(=O)c2ccc(Br)cc2)CC1OC(C)C)O[C@@H](c1ccccc1)[C@H]1CCCN1C(C)=O.CC[C@H]1O[C@@H](S(=O)(=O)c2ccc(Br)cc2)CC1OP(O)(=S)OC[C@H]1O[C@@H](S(=O)(=O)c2ccc(Br)cc2)CC1OC(C)C.c1ccc([C@H]2[C@H]3CCCN32)cc1. The van der Waals surface area contributed by atoms with Crippen molar-refractivity contribution in [2.75, 3.05) is 26.3 Å². The molecule has 19 atom stereocenters. The third-order valence-corrected chi connectivity index (χ3v) is 33.9. The van der Waals surface area contributed by atoms with Crippen LogP contribution < -0.4 is 0 Å². The van der Waals surface area contributed by atoms with Gasteiger partial charge in [0.05, 0.1) is 93.7 Å². The van der Waals surface area contributed by atoms with Crippen LogP contribution in [-0.4, -0.2) is 175 Å². The molecule has 6 aromatic rings. The molecule has 7 aliphatic heterocycles. The van der Waals surface area contributed by atoms with E-state index in [1.807, 2.05) is 71.9 Å². The number of carbonyl (C=O) groups excluding carboxylic acids is 1. The molecule has 111 heavy (non-hydrogen) atoms. The van der Waals surface area contributed by atoms with Crippen LogP contribution in [0.5, 0.6) is 0 Å². The van der Waals surface area contributed by atoms with Gasteiger partial charge in [-0.2, -0.15) is 0 Å². The van der Waals surface area contributed by atoms with Gasteiger partial charge in [0.2, 0.25) is 45.3 Å². The topological polar surface area (TPSA) is 282 Å². The first-order chi connectivity index (χ1) is 52.6. The van der Waals surface area contributed by atoms with E-state index in [2.05, 4.69) is 99.0 Å². The van der Waals surface area contributed by atoms with Crippen molar-refractivity contribution in [2.45, 2.75) is 239 Å². The van der Waals surface area contributed by atoms with Crippen molar-refractivity contribution in [3.05, 3.63) is 187 Å². The van der Waals surface area contributed by atoms with E-state index in [4.69, 9.17) is 74.7 Å². The maximum atomic E-state index is 13.8. The molecule has 0 aromatic heterocycles. The number of fused-ring (bicyclic) bond motifs is 1. The molecular weight excluding hydrogens is 1850 g/mol. The maximum Gasteiger partial charge on any atom is 0.328 e. The summed E-state index contributed by atoms with van der Waals surface area (Å²) in [6, 6.07) is 46.7. The molecule has 23 nitrogen and oxygen atoms in total. The zero-order valence-corrected chi connectivity index (χ0v) is 75.2. The van der Waals surface area contributed by atoms with Gasteiger partial charge in [-0.05, 0) is 205 Å². The quantitative estimate of drug-likeness (QED) is 0.0337. The summed E-state index contributed by atoms with van der Waals surface area (Å²) in [4.78, 5) is 28.6. The van der Waals surface area contributed by atoms with Gasteiger partial charge in [-0.15, -0.1) is 0 Å². The average Bonchev–Trinajstić information content (AvgIpc) is 1.59. The smallest absolute Gasteiger partial charge is 0.328 e. The van der Waals surface area contributed by atoms with Crippen molar-refractivity contribution < 1.29 is 94.4 Å². The minimum absolute atomic E-state index is 0.0431. The second-order valence-corrected chi connectivity index (χ2v) is 46.3. The number of hydrogen-bond donors (Lipinski definition) is 1. The highest BCUT2D eigenvalue weighted by atomic mass is 79.9. The van der Waals surface area contributed by atoms with Gasteiger partial charge in [0.25, 0.3) is 0 Å². The Morgan fingerprint density at radius 3 is 1.25 bits per heavy atom. The van der Waals surface area contributed by atoms with Gasteiger partial charge in [-0.3, -0.25) is 14.2 Å². The van der Waals surface area contributed by atoms with Crippen LogP contribution in [0.15, 0.2) is 195 Å². The van der Waals surface area contributed by atoms with Gasteiger partial charge in [0.15, 0.2) is 21.7 Å². The molecule has 35 heteroatoms. The summed E-state index contributed by atoms with van der Waals surface area (Å²) in [6.45, 7) is 6.00. The van der Waals surface area contributed by atoms with E-state index in [9.17, 15) is 43.4 Å². The third kappa shape index (κ3) is 22.4.